The molecule has 1 aromatic carbocycles. The Kier molecular flexibility index (Phi) is 3.09. The fourth-order valence-corrected chi connectivity index (χ4v) is 1.44. The summed E-state index contributed by atoms with van der Waals surface area (Å²) in [6.45, 7) is 1.96. The Morgan fingerprint density at radius 3 is 3.00 bits per heavy atom. The minimum Gasteiger partial charge on any atom is -0.457 e. The van der Waals surface area contributed by atoms with Crippen molar-refractivity contribution in [1.29, 1.82) is 0 Å². The molecule has 0 fully saturated rings. The molecule has 0 saturated carbocycles. The van der Waals surface area contributed by atoms with E-state index in [0.717, 1.165) is 5.56 Å². The maximum Gasteiger partial charge on any atom is 0.338 e. The van der Waals surface area contributed by atoms with E-state index in [9.17, 15) is 4.79 Å². The van der Waals surface area contributed by atoms with Gasteiger partial charge in [0.05, 0.1) is 11.8 Å². The summed E-state index contributed by atoms with van der Waals surface area (Å²) in [6.07, 6.45) is 2.94. The van der Waals surface area contributed by atoms with Gasteiger partial charge in [-0.1, -0.05) is 5.16 Å². The van der Waals surface area contributed by atoms with Crippen LogP contribution in [0.3, 0.4) is 0 Å². The predicted molar refractivity (Wildman–Crippen MR) is 61.2 cm³/mol. The van der Waals surface area contributed by atoms with E-state index in [1.165, 1.54) is 12.5 Å². The van der Waals surface area contributed by atoms with Crippen LogP contribution >= 0.6 is 0 Å². The van der Waals surface area contributed by atoms with Crippen molar-refractivity contribution in [2.45, 2.75) is 13.5 Å². The van der Waals surface area contributed by atoms with Crippen molar-refractivity contribution in [2.75, 3.05) is 5.73 Å². The highest BCUT2D eigenvalue weighted by atomic mass is 16.5. The van der Waals surface area contributed by atoms with Crippen LogP contribution in [0.15, 0.2) is 35.2 Å². The Bertz CT molecular complexity index is 521. The first-order valence-corrected chi connectivity index (χ1v) is 5.08. The third-order valence-corrected chi connectivity index (χ3v) is 2.32. The molecule has 1 heterocycles. The lowest BCUT2D eigenvalue weighted by Crippen LogP contribution is -2.07. The van der Waals surface area contributed by atoms with Crippen LogP contribution in [0.2, 0.25) is 0 Å². The Hall–Kier alpha value is -2.30. The van der Waals surface area contributed by atoms with E-state index >= 15 is 0 Å². The quantitative estimate of drug-likeness (QED) is 0.646. The molecule has 17 heavy (non-hydrogen) atoms. The second-order valence-electron chi connectivity index (χ2n) is 3.68. The molecule has 0 bridgehead atoms. The number of carbonyl (C=O) groups excluding carboxylic acids is 1. The summed E-state index contributed by atoms with van der Waals surface area (Å²) in [5.74, 6) is -0.385. The molecule has 0 aliphatic rings. The van der Waals surface area contributed by atoms with Gasteiger partial charge in [0.25, 0.3) is 0 Å². The van der Waals surface area contributed by atoms with Crippen LogP contribution in [0.4, 0.5) is 5.69 Å². The van der Waals surface area contributed by atoms with Crippen LogP contribution in [0.5, 0.6) is 0 Å². The average Bonchev–Trinajstić information content (AvgIpc) is 2.78. The van der Waals surface area contributed by atoms with Gasteiger partial charge in [0.1, 0.15) is 12.9 Å². The number of nitrogens with zero attached hydrogens (tertiary/aromatic N) is 1. The number of carbonyl (C=O) groups is 1. The highest BCUT2D eigenvalue weighted by Gasteiger charge is 2.11. The third kappa shape index (κ3) is 2.63. The first-order chi connectivity index (χ1) is 8.16. The number of ether oxygens (including phenoxy) is 1. The normalized spacial score (nSPS) is 10.2. The van der Waals surface area contributed by atoms with Gasteiger partial charge in [0.15, 0.2) is 0 Å². The second-order valence-corrected chi connectivity index (χ2v) is 3.68. The summed E-state index contributed by atoms with van der Waals surface area (Å²) in [6, 6.07) is 5.06. The minimum atomic E-state index is -0.385. The Morgan fingerprint density at radius 1 is 1.53 bits per heavy atom. The maximum atomic E-state index is 11.8. The van der Waals surface area contributed by atoms with E-state index in [2.05, 4.69) is 9.68 Å². The predicted octanol–water partition coefficient (Wildman–Crippen LogP) is 1.92. The molecule has 5 nitrogen and oxygen atoms in total. The molecule has 0 saturated heterocycles. The van der Waals surface area contributed by atoms with Crippen molar-refractivity contribution in [3.8, 4) is 0 Å². The molecule has 0 amide bonds. The lowest BCUT2D eigenvalue weighted by atomic mass is 10.1. The van der Waals surface area contributed by atoms with Crippen LogP contribution in [-0.2, 0) is 11.3 Å². The number of aromatic nitrogens is 1. The smallest absolute Gasteiger partial charge is 0.338 e. The van der Waals surface area contributed by atoms with Gasteiger partial charge >= 0.3 is 5.97 Å². The summed E-state index contributed by atoms with van der Waals surface area (Å²) in [4.78, 5) is 11.8. The van der Waals surface area contributed by atoms with Gasteiger partial charge in [-0.25, -0.2) is 4.79 Å². The number of rotatable bonds is 3. The van der Waals surface area contributed by atoms with Gasteiger partial charge in [-0.15, -0.1) is 0 Å². The van der Waals surface area contributed by atoms with Gasteiger partial charge in [-0.3, -0.25) is 0 Å². The van der Waals surface area contributed by atoms with Crippen LogP contribution in [0.25, 0.3) is 0 Å². The lowest BCUT2D eigenvalue weighted by Gasteiger charge is -2.06. The van der Waals surface area contributed by atoms with Gasteiger partial charge in [0.2, 0.25) is 0 Å². The van der Waals surface area contributed by atoms with Gasteiger partial charge in [0, 0.05) is 11.3 Å². The van der Waals surface area contributed by atoms with E-state index in [1.54, 1.807) is 18.2 Å². The van der Waals surface area contributed by atoms with Crippen LogP contribution in [0, 0.1) is 6.92 Å². The minimum absolute atomic E-state index is 0.145. The lowest BCUT2D eigenvalue weighted by molar-refractivity contribution is 0.0471. The molecule has 2 rings (SSSR count). The highest BCUT2D eigenvalue weighted by Crippen LogP contribution is 2.14. The topological polar surface area (TPSA) is 78.4 Å². The molecule has 0 aliphatic heterocycles. The zero-order chi connectivity index (χ0) is 12.3. The zero-order valence-electron chi connectivity index (χ0n) is 9.34. The SMILES string of the molecule is Cc1cc(N)ccc1C(=O)OCc1cnoc1. The van der Waals surface area contributed by atoms with E-state index in [-0.39, 0.29) is 12.6 Å². The number of benzene rings is 1. The standard InChI is InChI=1S/C12H12N2O3/c1-8-4-10(13)2-3-11(8)12(15)16-6-9-5-14-17-7-9/h2-5,7H,6,13H2,1H3. The van der Waals surface area contributed by atoms with Crippen molar-refractivity contribution >= 4 is 11.7 Å². The summed E-state index contributed by atoms with van der Waals surface area (Å²) in [7, 11) is 0. The number of esters is 1. The number of aryl methyl sites for hydroxylation is 1. The van der Waals surface area contributed by atoms with Gasteiger partial charge in [-0.2, -0.15) is 0 Å². The van der Waals surface area contributed by atoms with Crippen molar-refractivity contribution in [3.05, 3.63) is 47.3 Å². The molecule has 0 unspecified atom stereocenters. The molecule has 2 N–H and O–H groups in total. The zero-order valence-corrected chi connectivity index (χ0v) is 9.34. The number of hydrogen-bond acceptors (Lipinski definition) is 5. The fourth-order valence-electron chi connectivity index (χ4n) is 1.44. The first-order valence-electron chi connectivity index (χ1n) is 5.08. The van der Waals surface area contributed by atoms with Crippen molar-refractivity contribution in [1.82, 2.24) is 5.16 Å². The average molecular weight is 232 g/mol. The second kappa shape index (κ2) is 4.69. The Balaban J connectivity index is 2.04. The summed E-state index contributed by atoms with van der Waals surface area (Å²) in [5.41, 5.74) is 8.25. The molecule has 88 valence electrons. The first kappa shape index (κ1) is 11.2. The molecular formula is C12H12N2O3. The summed E-state index contributed by atoms with van der Waals surface area (Å²) >= 11 is 0. The van der Waals surface area contributed by atoms with Crippen molar-refractivity contribution < 1.29 is 14.1 Å². The number of nitrogens with two attached hydrogens (primary N) is 1. The van der Waals surface area contributed by atoms with Gasteiger partial charge in [-0.05, 0) is 30.7 Å². The molecule has 0 atom stereocenters. The highest BCUT2D eigenvalue weighted by molar-refractivity contribution is 5.91. The molecular weight excluding hydrogens is 220 g/mol. The van der Waals surface area contributed by atoms with Crippen LogP contribution < -0.4 is 5.73 Å². The molecule has 5 heteroatoms. The van der Waals surface area contributed by atoms with Gasteiger partial charge < -0.3 is 15.0 Å². The van der Waals surface area contributed by atoms with E-state index in [4.69, 9.17) is 10.5 Å². The van der Waals surface area contributed by atoms with E-state index < -0.39 is 0 Å². The molecule has 2 aromatic rings. The molecule has 0 spiro atoms. The molecule has 0 radical (unpaired) electrons. The Labute approximate surface area is 98.2 Å². The van der Waals surface area contributed by atoms with Crippen LogP contribution in [0.1, 0.15) is 21.5 Å². The van der Waals surface area contributed by atoms with Crippen molar-refractivity contribution in [2.24, 2.45) is 0 Å². The molecule has 1 aromatic heterocycles. The monoisotopic (exact) mass is 232 g/mol. The van der Waals surface area contributed by atoms with E-state index in [0.29, 0.717) is 16.8 Å². The van der Waals surface area contributed by atoms with Crippen LogP contribution in [-0.4, -0.2) is 11.1 Å². The Morgan fingerprint density at radius 2 is 2.35 bits per heavy atom. The largest absolute Gasteiger partial charge is 0.457 e. The number of anilines is 1. The number of hydrogen-bond donors (Lipinski definition) is 1. The fraction of sp³-hybridized carbons (Fsp3) is 0.167. The van der Waals surface area contributed by atoms with E-state index in [1.807, 2.05) is 6.92 Å². The summed E-state index contributed by atoms with van der Waals surface area (Å²) < 4.78 is 9.75. The third-order valence-electron chi connectivity index (χ3n) is 2.32. The maximum absolute atomic E-state index is 11.8. The number of nitrogen functional groups attached to an aromatic ring is 1. The summed E-state index contributed by atoms with van der Waals surface area (Å²) in [5, 5.41) is 3.52. The molecule has 0 aliphatic carbocycles. The van der Waals surface area contributed by atoms with Crippen molar-refractivity contribution in [3.63, 3.8) is 0 Å².